The second kappa shape index (κ2) is 4.59. The van der Waals surface area contributed by atoms with E-state index >= 15 is 0 Å². The minimum Gasteiger partial charge on any atom is -0.496 e. The van der Waals surface area contributed by atoms with Gasteiger partial charge in [-0.25, -0.2) is 0 Å². The van der Waals surface area contributed by atoms with E-state index in [1.807, 2.05) is 13.0 Å². The fraction of sp³-hybridized carbons (Fsp3) is 0.632. The molecule has 1 unspecified atom stereocenters. The predicted octanol–water partition coefficient (Wildman–Crippen LogP) is 4.67. The average Bonchev–Trinajstić information content (AvgIpc) is 2.41. The van der Waals surface area contributed by atoms with Crippen LogP contribution in [0.4, 0.5) is 0 Å². The summed E-state index contributed by atoms with van der Waals surface area (Å²) in [5.74, 6) is 1.66. The highest BCUT2D eigenvalue weighted by Crippen LogP contribution is 2.57. The van der Waals surface area contributed by atoms with Crippen LogP contribution in [-0.4, -0.2) is 12.9 Å². The molecule has 0 amide bonds. The van der Waals surface area contributed by atoms with Crippen LogP contribution < -0.4 is 4.74 Å². The Morgan fingerprint density at radius 2 is 1.90 bits per heavy atom. The molecule has 0 saturated heterocycles. The predicted molar refractivity (Wildman–Crippen MR) is 85.2 cm³/mol. The molecule has 2 atom stereocenters. The van der Waals surface area contributed by atoms with Gasteiger partial charge in [-0.3, -0.25) is 4.79 Å². The average molecular weight is 286 g/mol. The molecule has 1 saturated carbocycles. The van der Waals surface area contributed by atoms with Crippen molar-refractivity contribution in [2.24, 2.45) is 11.3 Å². The van der Waals surface area contributed by atoms with Crippen molar-refractivity contribution in [3.05, 3.63) is 28.8 Å². The van der Waals surface area contributed by atoms with E-state index in [0.29, 0.717) is 18.1 Å². The minimum atomic E-state index is 0.103. The topological polar surface area (TPSA) is 26.3 Å². The van der Waals surface area contributed by atoms with Crippen molar-refractivity contribution in [1.29, 1.82) is 0 Å². The highest BCUT2D eigenvalue weighted by Gasteiger charge is 2.51. The molecule has 0 bridgehead atoms. The van der Waals surface area contributed by atoms with Gasteiger partial charge in [0.25, 0.3) is 0 Å². The van der Waals surface area contributed by atoms with Gasteiger partial charge in [-0.15, -0.1) is 0 Å². The van der Waals surface area contributed by atoms with Crippen LogP contribution in [0.25, 0.3) is 0 Å². The van der Waals surface area contributed by atoms with Crippen LogP contribution in [0.3, 0.4) is 0 Å². The van der Waals surface area contributed by atoms with Gasteiger partial charge in [0.15, 0.2) is 5.78 Å². The van der Waals surface area contributed by atoms with Gasteiger partial charge < -0.3 is 4.74 Å². The van der Waals surface area contributed by atoms with Crippen molar-refractivity contribution in [2.75, 3.05) is 7.11 Å². The molecule has 0 heterocycles. The van der Waals surface area contributed by atoms with Gasteiger partial charge in [0.1, 0.15) is 5.75 Å². The fourth-order valence-corrected chi connectivity index (χ4v) is 4.85. The van der Waals surface area contributed by atoms with E-state index in [4.69, 9.17) is 4.74 Å². The molecule has 0 radical (unpaired) electrons. The van der Waals surface area contributed by atoms with Crippen molar-refractivity contribution in [3.63, 3.8) is 0 Å². The van der Waals surface area contributed by atoms with Gasteiger partial charge in [-0.1, -0.05) is 27.2 Å². The summed E-state index contributed by atoms with van der Waals surface area (Å²) in [5.41, 5.74) is 3.55. The number of Topliss-reactive ketones (excluding diaryl/α,β-unsaturated/α-hetero) is 1. The van der Waals surface area contributed by atoms with Crippen LogP contribution in [0.2, 0.25) is 0 Å². The normalized spacial score (nSPS) is 30.5. The van der Waals surface area contributed by atoms with Crippen molar-refractivity contribution in [1.82, 2.24) is 0 Å². The summed E-state index contributed by atoms with van der Waals surface area (Å²) in [6.07, 6.45) is 4.33. The molecule has 0 spiro atoms. The van der Waals surface area contributed by atoms with E-state index in [9.17, 15) is 4.79 Å². The number of methoxy groups -OCH3 is 1. The van der Waals surface area contributed by atoms with Gasteiger partial charge in [0.2, 0.25) is 0 Å². The Labute approximate surface area is 127 Å². The summed E-state index contributed by atoms with van der Waals surface area (Å²) in [4.78, 5) is 12.7. The number of hydrogen-bond acceptors (Lipinski definition) is 2. The van der Waals surface area contributed by atoms with Crippen LogP contribution in [0.1, 0.15) is 67.9 Å². The molecule has 1 fully saturated rings. The first-order valence-electron chi connectivity index (χ1n) is 8.02. The number of hydrogen-bond donors (Lipinski definition) is 0. The van der Waals surface area contributed by atoms with Crippen LogP contribution in [0.15, 0.2) is 12.1 Å². The summed E-state index contributed by atoms with van der Waals surface area (Å²) in [7, 11) is 1.71. The van der Waals surface area contributed by atoms with Gasteiger partial charge >= 0.3 is 0 Å². The van der Waals surface area contributed by atoms with Crippen LogP contribution in [0.5, 0.6) is 5.75 Å². The molecule has 2 aliphatic rings. The van der Waals surface area contributed by atoms with Gasteiger partial charge in [-0.2, -0.15) is 0 Å². The zero-order valence-corrected chi connectivity index (χ0v) is 13.9. The second-order valence-corrected chi connectivity index (χ2v) is 7.81. The Morgan fingerprint density at radius 3 is 2.57 bits per heavy atom. The van der Waals surface area contributed by atoms with Crippen molar-refractivity contribution in [3.8, 4) is 5.75 Å². The van der Waals surface area contributed by atoms with Gasteiger partial charge in [0.05, 0.1) is 7.11 Å². The Balaban J connectivity index is 2.21. The number of carbonyl (C=O) groups is 1. The second-order valence-electron chi connectivity index (χ2n) is 7.81. The van der Waals surface area contributed by atoms with Crippen molar-refractivity contribution < 1.29 is 9.53 Å². The maximum atomic E-state index is 12.7. The van der Waals surface area contributed by atoms with E-state index < -0.39 is 0 Å². The lowest BCUT2D eigenvalue weighted by Crippen LogP contribution is -2.49. The first-order valence-corrected chi connectivity index (χ1v) is 8.02. The molecule has 0 aliphatic heterocycles. The third-order valence-electron chi connectivity index (χ3n) is 6.07. The first kappa shape index (κ1) is 14.6. The fourth-order valence-electron chi connectivity index (χ4n) is 4.85. The summed E-state index contributed by atoms with van der Waals surface area (Å²) in [6.45, 7) is 9.04. The minimum absolute atomic E-state index is 0.103. The van der Waals surface area contributed by atoms with Crippen molar-refractivity contribution in [2.45, 2.75) is 58.8 Å². The third kappa shape index (κ3) is 2.03. The number of ether oxygens (including phenoxy) is 1. The Bertz CT molecular complexity index is 600. The van der Waals surface area contributed by atoms with E-state index in [1.165, 1.54) is 24.8 Å². The zero-order chi connectivity index (χ0) is 15.4. The number of aryl methyl sites for hydroxylation is 1. The highest BCUT2D eigenvalue weighted by molar-refractivity contribution is 6.00. The lowest BCUT2D eigenvalue weighted by molar-refractivity contribution is 0.0367. The van der Waals surface area contributed by atoms with E-state index in [1.54, 1.807) is 7.11 Å². The number of rotatable bonds is 1. The monoisotopic (exact) mass is 286 g/mol. The SMILES string of the molecule is COc1cc2c(cc1C)C(=O)CC1C(C)(C)CCC[C@]21C. The van der Waals surface area contributed by atoms with Gasteiger partial charge in [-0.05, 0) is 59.8 Å². The molecule has 0 aromatic heterocycles. The number of carbonyl (C=O) groups excluding carboxylic acids is 1. The molecule has 21 heavy (non-hydrogen) atoms. The van der Waals surface area contributed by atoms with E-state index in [2.05, 4.69) is 26.8 Å². The summed E-state index contributed by atoms with van der Waals surface area (Å²) >= 11 is 0. The molecule has 114 valence electrons. The standard InChI is InChI=1S/C19H26O2/c1-12-9-13-14(10-16(12)21-5)19(4)8-6-7-18(2,3)17(19)11-15(13)20/h9-10,17H,6-8,11H2,1-5H3/t17?,19-/m1/s1. The van der Waals surface area contributed by atoms with Crippen LogP contribution in [-0.2, 0) is 5.41 Å². The van der Waals surface area contributed by atoms with Crippen LogP contribution in [0, 0.1) is 18.3 Å². The molecule has 1 aromatic carbocycles. The smallest absolute Gasteiger partial charge is 0.163 e. The lowest BCUT2D eigenvalue weighted by atomic mass is 9.50. The van der Waals surface area contributed by atoms with E-state index in [-0.39, 0.29) is 10.8 Å². The van der Waals surface area contributed by atoms with Crippen molar-refractivity contribution >= 4 is 5.78 Å². The Kier molecular flexibility index (Phi) is 3.20. The molecular weight excluding hydrogens is 260 g/mol. The molecule has 0 N–H and O–H groups in total. The third-order valence-corrected chi connectivity index (χ3v) is 6.07. The first-order chi connectivity index (χ1) is 9.79. The summed E-state index contributed by atoms with van der Waals surface area (Å²) < 4.78 is 5.51. The maximum absolute atomic E-state index is 12.7. The zero-order valence-electron chi connectivity index (χ0n) is 13.9. The molecule has 2 aliphatic carbocycles. The maximum Gasteiger partial charge on any atom is 0.163 e. The number of fused-ring (bicyclic) bond motifs is 3. The molecule has 2 heteroatoms. The largest absolute Gasteiger partial charge is 0.496 e. The summed E-state index contributed by atoms with van der Waals surface area (Å²) in [5, 5.41) is 0. The molecule has 1 aromatic rings. The quantitative estimate of drug-likeness (QED) is 0.749. The molecular formula is C19H26O2. The van der Waals surface area contributed by atoms with E-state index in [0.717, 1.165) is 16.9 Å². The number of benzene rings is 1. The Morgan fingerprint density at radius 1 is 1.19 bits per heavy atom. The summed E-state index contributed by atoms with van der Waals surface area (Å²) in [6, 6.07) is 4.18. The van der Waals surface area contributed by atoms with Crippen LogP contribution >= 0.6 is 0 Å². The lowest BCUT2D eigenvalue weighted by Gasteiger charge is -2.53. The molecule has 3 rings (SSSR count). The molecule has 2 nitrogen and oxygen atoms in total. The Hall–Kier alpha value is -1.31. The number of ketones is 1. The highest BCUT2D eigenvalue weighted by atomic mass is 16.5. The van der Waals surface area contributed by atoms with Gasteiger partial charge in [0, 0.05) is 12.0 Å².